The second-order valence-electron chi connectivity index (χ2n) is 6.58. The van der Waals surface area contributed by atoms with Crippen LogP contribution in [0, 0.1) is 11.6 Å². The molecule has 0 aliphatic carbocycles. The summed E-state index contributed by atoms with van der Waals surface area (Å²) in [5.74, 6) is -0.595. The molecule has 7 nitrogen and oxygen atoms in total. The number of aromatic nitrogens is 2. The maximum atomic E-state index is 13.9. The minimum atomic E-state index is -0.950. The van der Waals surface area contributed by atoms with E-state index in [0.29, 0.717) is 16.8 Å². The molecule has 1 aliphatic rings. The first-order valence-electron chi connectivity index (χ1n) is 9.14. The van der Waals surface area contributed by atoms with E-state index in [-0.39, 0.29) is 17.9 Å². The van der Waals surface area contributed by atoms with Gasteiger partial charge in [-0.1, -0.05) is 23.9 Å². The molecule has 2 unspecified atom stereocenters. The maximum Gasteiger partial charge on any atom is 0.191 e. The van der Waals surface area contributed by atoms with E-state index in [1.54, 1.807) is 13.0 Å². The number of anilines is 2. The van der Waals surface area contributed by atoms with Gasteiger partial charge in [-0.3, -0.25) is 0 Å². The quantitative estimate of drug-likeness (QED) is 0.251. The summed E-state index contributed by atoms with van der Waals surface area (Å²) < 4.78 is 32.6. The van der Waals surface area contributed by atoms with Gasteiger partial charge in [0.25, 0.3) is 0 Å². The fraction of sp³-hybridized carbons (Fsp3) is 0.444. The first-order valence-corrected chi connectivity index (χ1v) is 10.9. The number of aliphatic hydroxyl groups excluding tert-OH is 2. The molecule has 1 aliphatic heterocycles. The Morgan fingerprint density at radius 3 is 2.69 bits per heavy atom. The third kappa shape index (κ3) is 6.16. The van der Waals surface area contributed by atoms with Gasteiger partial charge in [0.05, 0.1) is 18.8 Å². The second-order valence-corrected chi connectivity index (χ2v) is 8.43. The Hall–Kier alpha value is -1.66. The van der Waals surface area contributed by atoms with Crippen LogP contribution in [0.3, 0.4) is 0 Å². The molecule has 4 N–H and O–H groups in total. The molecule has 0 spiro atoms. The van der Waals surface area contributed by atoms with Gasteiger partial charge in [0.1, 0.15) is 11.6 Å². The third-order valence-corrected chi connectivity index (χ3v) is 6.15. The fourth-order valence-corrected chi connectivity index (χ4v) is 4.00. The zero-order valence-electron chi connectivity index (χ0n) is 15.8. The van der Waals surface area contributed by atoms with Crippen molar-refractivity contribution in [2.75, 3.05) is 29.7 Å². The number of rotatable bonds is 10. The zero-order valence-corrected chi connectivity index (χ0v) is 17.4. The van der Waals surface area contributed by atoms with E-state index in [9.17, 15) is 13.9 Å². The lowest BCUT2D eigenvalue weighted by molar-refractivity contribution is 0.0837. The SMILES string of the molecule is CC(Nc1cc(NSN2CCC2)nc(SCc2cccc(F)c2F)n1)C(O)CO. The highest BCUT2D eigenvalue weighted by Crippen LogP contribution is 2.27. The first kappa shape index (κ1) is 22.0. The smallest absolute Gasteiger partial charge is 0.191 e. The molecule has 1 aromatic heterocycles. The van der Waals surface area contributed by atoms with E-state index in [0.717, 1.165) is 25.6 Å². The van der Waals surface area contributed by atoms with Crippen LogP contribution < -0.4 is 10.0 Å². The van der Waals surface area contributed by atoms with Gasteiger partial charge < -0.3 is 20.3 Å². The number of nitrogens with zero attached hydrogens (tertiary/aromatic N) is 3. The van der Waals surface area contributed by atoms with Crippen molar-refractivity contribution < 1.29 is 19.0 Å². The normalized spacial score (nSPS) is 16.2. The average molecular weight is 444 g/mol. The predicted molar refractivity (Wildman–Crippen MR) is 112 cm³/mol. The second kappa shape index (κ2) is 10.4. The molecule has 2 heterocycles. The summed E-state index contributed by atoms with van der Waals surface area (Å²) in [6, 6.07) is 5.31. The molecular formula is C18H23F2N5O2S2. The topological polar surface area (TPSA) is 93.5 Å². The Morgan fingerprint density at radius 1 is 1.24 bits per heavy atom. The molecule has 11 heteroatoms. The Bertz CT molecular complexity index is 829. The Kier molecular flexibility index (Phi) is 7.90. The van der Waals surface area contributed by atoms with Crippen LogP contribution in [-0.4, -0.2) is 56.3 Å². The van der Waals surface area contributed by atoms with E-state index < -0.39 is 23.8 Å². The van der Waals surface area contributed by atoms with E-state index in [2.05, 4.69) is 24.3 Å². The van der Waals surface area contributed by atoms with Gasteiger partial charge in [0.15, 0.2) is 16.8 Å². The molecule has 1 aromatic carbocycles. The van der Waals surface area contributed by atoms with Gasteiger partial charge >= 0.3 is 0 Å². The molecule has 29 heavy (non-hydrogen) atoms. The van der Waals surface area contributed by atoms with Crippen LogP contribution in [0.15, 0.2) is 29.4 Å². The minimum absolute atomic E-state index is 0.167. The summed E-state index contributed by atoms with van der Waals surface area (Å²) in [6.07, 6.45) is 0.205. The van der Waals surface area contributed by atoms with E-state index in [1.807, 2.05) is 0 Å². The first-order chi connectivity index (χ1) is 14.0. The monoisotopic (exact) mass is 443 g/mol. The van der Waals surface area contributed by atoms with Crippen molar-refractivity contribution in [3.63, 3.8) is 0 Å². The molecule has 1 saturated heterocycles. The minimum Gasteiger partial charge on any atom is -0.394 e. The van der Waals surface area contributed by atoms with Crippen LogP contribution in [0.1, 0.15) is 18.9 Å². The maximum absolute atomic E-state index is 13.9. The van der Waals surface area contributed by atoms with E-state index >= 15 is 0 Å². The van der Waals surface area contributed by atoms with Crippen LogP contribution >= 0.6 is 23.9 Å². The molecule has 2 aromatic rings. The van der Waals surface area contributed by atoms with Crippen molar-refractivity contribution in [1.29, 1.82) is 0 Å². The molecular weight excluding hydrogens is 420 g/mol. The van der Waals surface area contributed by atoms with E-state index in [1.165, 1.54) is 36.0 Å². The summed E-state index contributed by atoms with van der Waals surface area (Å²) in [7, 11) is 0. The predicted octanol–water partition coefficient (Wildman–Crippen LogP) is 2.88. The van der Waals surface area contributed by atoms with Crippen LogP contribution in [0.4, 0.5) is 20.4 Å². The summed E-state index contributed by atoms with van der Waals surface area (Å²) in [4.78, 5) is 8.82. The number of hydrogen-bond donors (Lipinski definition) is 4. The lowest BCUT2D eigenvalue weighted by Gasteiger charge is -2.28. The molecule has 0 saturated carbocycles. The Morgan fingerprint density at radius 2 is 2.00 bits per heavy atom. The Balaban J connectivity index is 1.74. The standard InChI is InChI=1S/C18H23F2N5O2S2/c1-11(14(27)9-26)21-15-8-16(24-29-25-6-3-7-25)23-18(22-15)28-10-12-4-2-5-13(19)17(12)20/h2,4-5,8,11,14,26-27H,3,6-7,9-10H2,1H3,(H2,21,22,23,24). The molecule has 1 fully saturated rings. The average Bonchev–Trinajstić information content (AvgIpc) is 2.67. The molecule has 3 rings (SSSR count). The Labute approximate surface area is 176 Å². The number of hydrogen-bond acceptors (Lipinski definition) is 9. The van der Waals surface area contributed by atoms with Gasteiger partial charge in [0.2, 0.25) is 0 Å². The van der Waals surface area contributed by atoms with Crippen molar-refractivity contribution in [3.05, 3.63) is 41.5 Å². The lowest BCUT2D eigenvalue weighted by atomic mass is 10.2. The lowest BCUT2D eigenvalue weighted by Crippen LogP contribution is -2.33. The molecule has 0 radical (unpaired) electrons. The number of thioether (sulfide) groups is 1. The number of nitrogens with one attached hydrogen (secondary N) is 2. The highest BCUT2D eigenvalue weighted by atomic mass is 32.2. The molecule has 0 bridgehead atoms. The number of halogens is 2. The molecule has 0 amide bonds. The van der Waals surface area contributed by atoms with Gasteiger partial charge in [-0.05, 0) is 19.4 Å². The fourth-order valence-electron chi connectivity index (χ4n) is 2.40. The van der Waals surface area contributed by atoms with Crippen molar-refractivity contribution in [1.82, 2.24) is 14.3 Å². The van der Waals surface area contributed by atoms with Crippen LogP contribution in [0.2, 0.25) is 0 Å². The highest BCUT2D eigenvalue weighted by molar-refractivity contribution is 7.98. The molecule has 158 valence electrons. The zero-order chi connectivity index (χ0) is 20.8. The molecule has 2 atom stereocenters. The number of benzene rings is 1. The number of aliphatic hydroxyl groups is 2. The third-order valence-electron chi connectivity index (χ3n) is 4.33. The van der Waals surface area contributed by atoms with Gasteiger partial charge in [0, 0.05) is 42.6 Å². The summed E-state index contributed by atoms with van der Waals surface area (Å²) in [5.41, 5.74) is 0.227. The van der Waals surface area contributed by atoms with Crippen LogP contribution in [0.5, 0.6) is 0 Å². The van der Waals surface area contributed by atoms with Crippen LogP contribution in [0.25, 0.3) is 0 Å². The highest BCUT2D eigenvalue weighted by Gasteiger charge is 2.17. The van der Waals surface area contributed by atoms with Crippen molar-refractivity contribution >= 4 is 35.5 Å². The van der Waals surface area contributed by atoms with Gasteiger partial charge in [-0.25, -0.2) is 23.1 Å². The van der Waals surface area contributed by atoms with Crippen molar-refractivity contribution in [2.24, 2.45) is 0 Å². The summed E-state index contributed by atoms with van der Waals surface area (Å²) in [6.45, 7) is 3.33. The van der Waals surface area contributed by atoms with Crippen LogP contribution in [-0.2, 0) is 5.75 Å². The van der Waals surface area contributed by atoms with Crippen molar-refractivity contribution in [2.45, 2.75) is 36.4 Å². The summed E-state index contributed by atoms with van der Waals surface area (Å²) in [5, 5.41) is 22.3. The largest absolute Gasteiger partial charge is 0.394 e. The summed E-state index contributed by atoms with van der Waals surface area (Å²) >= 11 is 2.62. The van der Waals surface area contributed by atoms with Crippen molar-refractivity contribution in [3.8, 4) is 0 Å². The van der Waals surface area contributed by atoms with E-state index in [4.69, 9.17) is 5.11 Å². The van der Waals surface area contributed by atoms with Gasteiger partial charge in [-0.15, -0.1) is 0 Å². The van der Waals surface area contributed by atoms with Gasteiger partial charge in [-0.2, -0.15) is 0 Å².